The first-order valence-corrected chi connectivity index (χ1v) is 9.15. The van der Waals surface area contributed by atoms with Crippen LogP contribution in [-0.4, -0.2) is 20.3 Å². The predicted molar refractivity (Wildman–Crippen MR) is 109 cm³/mol. The summed E-state index contributed by atoms with van der Waals surface area (Å²) in [4.78, 5) is 34.4. The van der Waals surface area contributed by atoms with E-state index < -0.39 is 11.6 Å². The van der Waals surface area contributed by atoms with Crippen LogP contribution in [0.25, 0.3) is 10.9 Å². The Balaban J connectivity index is 1.90. The van der Waals surface area contributed by atoms with Crippen LogP contribution in [0.1, 0.15) is 32.9 Å². The summed E-state index contributed by atoms with van der Waals surface area (Å²) in [5, 5.41) is 0.395. The van der Waals surface area contributed by atoms with E-state index in [-0.39, 0.29) is 23.2 Å². The molecule has 5 nitrogen and oxygen atoms in total. The van der Waals surface area contributed by atoms with Gasteiger partial charge in [0, 0.05) is 35.2 Å². The summed E-state index contributed by atoms with van der Waals surface area (Å²) in [5.74, 6) is -0.854. The standard InChI is InChI=1S/C23H18FN3O2/c1-14-10-16(11-26-15(14)2)22(28)18-12-27(13-20-19(24)7-5-9-25-20)21-8-4-3-6-17(21)23(18)29/h3-12H,13H2,1-2H3. The Kier molecular flexibility index (Phi) is 4.76. The number of fused-ring (bicyclic) bond motifs is 1. The van der Waals surface area contributed by atoms with Crippen molar-refractivity contribution in [2.24, 2.45) is 0 Å². The number of hydrogen-bond donors (Lipinski definition) is 0. The number of hydrogen-bond acceptors (Lipinski definition) is 4. The second-order valence-electron chi connectivity index (χ2n) is 6.90. The van der Waals surface area contributed by atoms with E-state index in [2.05, 4.69) is 9.97 Å². The van der Waals surface area contributed by atoms with E-state index in [1.54, 1.807) is 34.9 Å². The fourth-order valence-corrected chi connectivity index (χ4v) is 3.26. The van der Waals surface area contributed by atoms with E-state index in [1.807, 2.05) is 13.8 Å². The summed E-state index contributed by atoms with van der Waals surface area (Å²) >= 11 is 0. The number of carbonyl (C=O) groups excluding carboxylic acids is 1. The predicted octanol–water partition coefficient (Wildman–Crippen LogP) is 3.83. The first-order chi connectivity index (χ1) is 14.0. The molecule has 0 fully saturated rings. The van der Waals surface area contributed by atoms with Crippen LogP contribution >= 0.6 is 0 Å². The topological polar surface area (TPSA) is 64.8 Å². The van der Waals surface area contributed by atoms with Crippen LogP contribution in [0.15, 0.2) is 65.8 Å². The van der Waals surface area contributed by atoms with Crippen LogP contribution in [0.3, 0.4) is 0 Å². The van der Waals surface area contributed by atoms with E-state index in [4.69, 9.17) is 0 Å². The lowest BCUT2D eigenvalue weighted by molar-refractivity contribution is 0.103. The van der Waals surface area contributed by atoms with Crippen molar-refractivity contribution in [2.75, 3.05) is 0 Å². The number of benzene rings is 1. The van der Waals surface area contributed by atoms with Gasteiger partial charge < -0.3 is 4.57 Å². The average Bonchev–Trinajstić information content (AvgIpc) is 2.73. The highest BCUT2D eigenvalue weighted by atomic mass is 19.1. The van der Waals surface area contributed by atoms with Crippen LogP contribution < -0.4 is 5.43 Å². The average molecular weight is 387 g/mol. The van der Waals surface area contributed by atoms with Crippen molar-refractivity contribution in [2.45, 2.75) is 20.4 Å². The molecule has 4 aromatic rings. The molecular formula is C23H18FN3O2. The van der Waals surface area contributed by atoms with Gasteiger partial charge in [-0.25, -0.2) is 4.39 Å². The minimum Gasteiger partial charge on any atom is -0.340 e. The van der Waals surface area contributed by atoms with Gasteiger partial charge in [-0.05, 0) is 49.7 Å². The SMILES string of the molecule is Cc1cc(C(=O)c2cn(Cc3ncccc3F)c3ccccc3c2=O)cnc1C. The van der Waals surface area contributed by atoms with Gasteiger partial charge in [-0.15, -0.1) is 0 Å². The molecule has 0 saturated carbocycles. The Morgan fingerprint density at radius 1 is 1.10 bits per heavy atom. The molecule has 0 aliphatic carbocycles. The number of nitrogens with zero attached hydrogens (tertiary/aromatic N) is 3. The lowest BCUT2D eigenvalue weighted by Gasteiger charge is -2.13. The lowest BCUT2D eigenvalue weighted by atomic mass is 10.0. The van der Waals surface area contributed by atoms with Crippen LogP contribution in [-0.2, 0) is 6.54 Å². The van der Waals surface area contributed by atoms with Gasteiger partial charge >= 0.3 is 0 Å². The summed E-state index contributed by atoms with van der Waals surface area (Å²) in [5.41, 5.74) is 2.53. The number of halogens is 1. The van der Waals surface area contributed by atoms with E-state index in [9.17, 15) is 14.0 Å². The molecule has 6 heteroatoms. The van der Waals surface area contributed by atoms with E-state index >= 15 is 0 Å². The normalized spacial score (nSPS) is 11.0. The maximum atomic E-state index is 14.1. The van der Waals surface area contributed by atoms with Crippen LogP contribution in [0.5, 0.6) is 0 Å². The molecule has 144 valence electrons. The van der Waals surface area contributed by atoms with Crippen LogP contribution in [0.2, 0.25) is 0 Å². The largest absolute Gasteiger partial charge is 0.340 e. The fraction of sp³-hybridized carbons (Fsp3) is 0.130. The monoisotopic (exact) mass is 387 g/mol. The molecule has 29 heavy (non-hydrogen) atoms. The summed E-state index contributed by atoms with van der Waals surface area (Å²) in [7, 11) is 0. The first kappa shape index (κ1) is 18.7. The molecule has 3 heterocycles. The molecule has 0 aliphatic rings. The molecule has 0 bridgehead atoms. The third kappa shape index (κ3) is 3.45. The smallest absolute Gasteiger partial charge is 0.200 e. The quantitative estimate of drug-likeness (QED) is 0.499. The third-order valence-electron chi connectivity index (χ3n) is 4.99. The number of aromatic nitrogens is 3. The number of rotatable bonds is 4. The molecule has 0 saturated heterocycles. The van der Waals surface area contributed by atoms with Crippen molar-refractivity contribution in [3.05, 3.63) is 105 Å². The molecule has 0 N–H and O–H groups in total. The zero-order valence-electron chi connectivity index (χ0n) is 16.0. The van der Waals surface area contributed by atoms with Crippen LogP contribution in [0.4, 0.5) is 4.39 Å². The van der Waals surface area contributed by atoms with Crippen molar-refractivity contribution < 1.29 is 9.18 Å². The van der Waals surface area contributed by atoms with Gasteiger partial charge in [-0.3, -0.25) is 19.6 Å². The van der Waals surface area contributed by atoms with E-state index in [0.717, 1.165) is 11.3 Å². The van der Waals surface area contributed by atoms with Gasteiger partial charge in [0.15, 0.2) is 5.78 Å². The highest BCUT2D eigenvalue weighted by Gasteiger charge is 2.18. The van der Waals surface area contributed by atoms with E-state index in [0.29, 0.717) is 16.5 Å². The number of aryl methyl sites for hydroxylation is 2. The molecular weight excluding hydrogens is 369 g/mol. The molecule has 0 atom stereocenters. The fourth-order valence-electron chi connectivity index (χ4n) is 3.26. The second-order valence-corrected chi connectivity index (χ2v) is 6.90. The van der Waals surface area contributed by atoms with Gasteiger partial charge in [-0.2, -0.15) is 0 Å². The van der Waals surface area contributed by atoms with Crippen molar-refractivity contribution in [1.29, 1.82) is 0 Å². The zero-order valence-corrected chi connectivity index (χ0v) is 16.0. The Morgan fingerprint density at radius 2 is 1.90 bits per heavy atom. The molecule has 3 aromatic heterocycles. The summed E-state index contributed by atoms with van der Waals surface area (Å²) < 4.78 is 15.8. The Morgan fingerprint density at radius 3 is 2.66 bits per heavy atom. The maximum absolute atomic E-state index is 14.1. The van der Waals surface area contributed by atoms with Crippen molar-refractivity contribution in [1.82, 2.24) is 14.5 Å². The van der Waals surface area contributed by atoms with Gasteiger partial charge in [0.25, 0.3) is 0 Å². The van der Waals surface area contributed by atoms with Gasteiger partial charge in [-0.1, -0.05) is 12.1 Å². The van der Waals surface area contributed by atoms with Gasteiger partial charge in [0.2, 0.25) is 5.43 Å². The molecule has 0 aliphatic heterocycles. The Bertz CT molecular complexity index is 1310. The van der Waals surface area contributed by atoms with Gasteiger partial charge in [0.1, 0.15) is 5.82 Å². The summed E-state index contributed by atoms with van der Waals surface area (Å²) in [6, 6.07) is 11.5. The van der Waals surface area contributed by atoms with Gasteiger partial charge in [0.05, 0.1) is 23.3 Å². The zero-order chi connectivity index (χ0) is 20.5. The molecule has 0 spiro atoms. The number of ketones is 1. The van der Waals surface area contributed by atoms with Crippen molar-refractivity contribution >= 4 is 16.7 Å². The highest BCUT2D eigenvalue weighted by molar-refractivity contribution is 6.10. The second kappa shape index (κ2) is 7.39. The maximum Gasteiger partial charge on any atom is 0.200 e. The summed E-state index contributed by atoms with van der Waals surface area (Å²) in [6.45, 7) is 3.81. The number of para-hydroxylation sites is 1. The minimum atomic E-state index is -0.443. The van der Waals surface area contributed by atoms with E-state index in [1.165, 1.54) is 30.7 Å². The summed E-state index contributed by atoms with van der Waals surface area (Å²) in [6.07, 6.45) is 4.47. The minimum absolute atomic E-state index is 0.0186. The third-order valence-corrected chi connectivity index (χ3v) is 4.99. The molecule has 0 unspecified atom stereocenters. The van der Waals surface area contributed by atoms with Crippen molar-refractivity contribution in [3.63, 3.8) is 0 Å². The highest BCUT2D eigenvalue weighted by Crippen LogP contribution is 2.17. The number of carbonyl (C=O) groups is 1. The first-order valence-electron chi connectivity index (χ1n) is 9.15. The van der Waals surface area contributed by atoms with Crippen molar-refractivity contribution in [3.8, 4) is 0 Å². The molecule has 4 rings (SSSR count). The molecule has 0 amide bonds. The van der Waals surface area contributed by atoms with Crippen LogP contribution in [0, 0.1) is 19.7 Å². The Hall–Kier alpha value is -3.67. The Labute approximate surface area is 166 Å². The molecule has 0 radical (unpaired) electrons. The lowest BCUT2D eigenvalue weighted by Crippen LogP contribution is -2.21. The molecule has 1 aromatic carbocycles. The number of pyridine rings is 3.